The number of rotatable bonds is 5. The van der Waals surface area contributed by atoms with Crippen LogP contribution < -0.4 is 9.46 Å². The quantitative estimate of drug-likeness (QED) is 0.634. The normalized spacial score (nSPS) is 26.9. The Labute approximate surface area is 167 Å². The molecule has 3 N–H and O–H groups in total. The minimum Gasteiger partial charge on any atom is -0.489 e. The van der Waals surface area contributed by atoms with Gasteiger partial charge in [-0.15, -0.1) is 11.6 Å². The Morgan fingerprint density at radius 1 is 1.18 bits per heavy atom. The third-order valence-corrected chi connectivity index (χ3v) is 7.14. The van der Waals surface area contributed by atoms with E-state index < -0.39 is 39.6 Å². The Bertz CT molecular complexity index is 1010. The van der Waals surface area contributed by atoms with E-state index in [4.69, 9.17) is 21.4 Å². The van der Waals surface area contributed by atoms with Gasteiger partial charge < -0.3 is 14.9 Å². The van der Waals surface area contributed by atoms with E-state index in [0.29, 0.717) is 17.7 Å². The first-order valence-corrected chi connectivity index (χ1v) is 10.6. The molecule has 2 aromatic rings. The lowest BCUT2D eigenvalue weighted by Gasteiger charge is -2.22. The molecule has 0 bridgehead atoms. The van der Waals surface area contributed by atoms with Crippen LogP contribution in [0.4, 0.5) is 0 Å². The largest absolute Gasteiger partial charge is 0.489 e. The maximum atomic E-state index is 12.8. The minimum atomic E-state index is -3.79. The summed E-state index contributed by atoms with van der Waals surface area (Å²) in [6.07, 6.45) is -1.73. The highest BCUT2D eigenvalue weighted by molar-refractivity contribution is 7.89. The maximum Gasteiger partial charge on any atom is 0.337 e. The van der Waals surface area contributed by atoms with Crippen molar-refractivity contribution in [1.29, 1.82) is 0 Å². The molecule has 9 heteroatoms. The number of aliphatic hydroxyl groups is 1. The second kappa shape index (κ2) is 7.04. The second-order valence-electron chi connectivity index (χ2n) is 6.90. The van der Waals surface area contributed by atoms with Crippen LogP contribution in [0.5, 0.6) is 5.75 Å². The number of ether oxygens (including phenoxy) is 1. The summed E-state index contributed by atoms with van der Waals surface area (Å²) < 4.78 is 34.1. The van der Waals surface area contributed by atoms with Gasteiger partial charge in [-0.3, -0.25) is 0 Å². The highest BCUT2D eigenvalue weighted by atomic mass is 35.5. The van der Waals surface area contributed by atoms with E-state index in [1.165, 1.54) is 18.2 Å². The lowest BCUT2D eigenvalue weighted by Crippen LogP contribution is -2.41. The molecule has 1 aliphatic heterocycles. The van der Waals surface area contributed by atoms with Crippen molar-refractivity contribution < 1.29 is 28.2 Å². The number of fused-ring (bicyclic) bond motifs is 3. The van der Waals surface area contributed by atoms with Gasteiger partial charge in [0.05, 0.1) is 10.3 Å². The number of carboxylic acids is 1. The van der Waals surface area contributed by atoms with E-state index in [1.807, 2.05) is 0 Å². The number of nitrogens with one attached hydrogen (secondary N) is 1. The van der Waals surface area contributed by atoms with E-state index in [0.717, 1.165) is 0 Å². The molecule has 1 aliphatic carbocycles. The average molecular weight is 424 g/mol. The fourth-order valence-electron chi connectivity index (χ4n) is 3.95. The highest BCUT2D eigenvalue weighted by Gasteiger charge is 2.51. The third kappa shape index (κ3) is 3.16. The van der Waals surface area contributed by atoms with Crippen LogP contribution in [0.2, 0.25) is 0 Å². The Balaban J connectivity index is 1.69. The number of carbonyl (C=O) groups is 1. The number of aliphatic hydroxyl groups excluding tert-OH is 1. The number of benzene rings is 2. The minimum absolute atomic E-state index is 0.136. The molecule has 5 atom stereocenters. The molecule has 2 aromatic carbocycles. The number of hydrogen-bond donors (Lipinski definition) is 3. The van der Waals surface area contributed by atoms with Crippen molar-refractivity contribution in [2.75, 3.05) is 0 Å². The zero-order valence-corrected chi connectivity index (χ0v) is 16.1. The Hall–Kier alpha value is -2.13. The smallest absolute Gasteiger partial charge is 0.337 e. The van der Waals surface area contributed by atoms with Gasteiger partial charge in [0, 0.05) is 29.5 Å². The number of para-hydroxylation sites is 1. The van der Waals surface area contributed by atoms with Crippen molar-refractivity contribution in [3.63, 3.8) is 0 Å². The van der Waals surface area contributed by atoms with Gasteiger partial charge in [0.1, 0.15) is 11.9 Å². The van der Waals surface area contributed by atoms with Crippen molar-refractivity contribution >= 4 is 27.6 Å². The van der Waals surface area contributed by atoms with Gasteiger partial charge in [0.25, 0.3) is 0 Å². The van der Waals surface area contributed by atoms with E-state index in [9.17, 15) is 18.3 Å². The maximum absolute atomic E-state index is 12.8. The van der Waals surface area contributed by atoms with Gasteiger partial charge >= 0.3 is 5.97 Å². The predicted molar refractivity (Wildman–Crippen MR) is 101 cm³/mol. The topological polar surface area (TPSA) is 113 Å². The predicted octanol–water partition coefficient (Wildman–Crippen LogP) is 2.01. The molecular weight excluding hydrogens is 406 g/mol. The average Bonchev–Trinajstić information content (AvgIpc) is 3.17. The molecule has 5 unspecified atom stereocenters. The van der Waals surface area contributed by atoms with E-state index in [2.05, 4.69) is 4.72 Å². The number of sulfonamides is 1. The van der Waals surface area contributed by atoms with Crippen molar-refractivity contribution in [3.8, 4) is 5.75 Å². The summed E-state index contributed by atoms with van der Waals surface area (Å²) in [7, 11) is -3.79. The molecule has 1 heterocycles. The van der Waals surface area contributed by atoms with E-state index >= 15 is 0 Å². The van der Waals surface area contributed by atoms with Crippen LogP contribution in [0.1, 0.15) is 29.6 Å². The first-order chi connectivity index (χ1) is 13.3. The van der Waals surface area contributed by atoms with Crippen LogP contribution in [-0.2, 0) is 14.8 Å². The van der Waals surface area contributed by atoms with Crippen LogP contribution in [0, 0.1) is 0 Å². The molecule has 0 radical (unpaired) electrons. The van der Waals surface area contributed by atoms with Crippen LogP contribution in [0.25, 0.3) is 0 Å². The van der Waals surface area contributed by atoms with Crippen LogP contribution in [-0.4, -0.2) is 42.1 Å². The molecule has 148 valence electrons. The van der Waals surface area contributed by atoms with Crippen molar-refractivity contribution in [2.45, 2.75) is 40.9 Å². The van der Waals surface area contributed by atoms with Gasteiger partial charge in [-0.25, -0.2) is 17.9 Å². The van der Waals surface area contributed by atoms with Gasteiger partial charge in [-0.2, -0.15) is 0 Å². The number of alkyl halides is 1. The van der Waals surface area contributed by atoms with Crippen molar-refractivity contribution in [3.05, 3.63) is 59.7 Å². The summed E-state index contributed by atoms with van der Waals surface area (Å²) in [6.45, 7) is 0. The molecular formula is C19H18ClNO6S. The van der Waals surface area contributed by atoms with E-state index in [1.54, 1.807) is 30.3 Å². The summed E-state index contributed by atoms with van der Waals surface area (Å²) in [4.78, 5) is 11.3. The van der Waals surface area contributed by atoms with Gasteiger partial charge in [0.15, 0.2) is 6.10 Å². The van der Waals surface area contributed by atoms with Crippen LogP contribution in [0.3, 0.4) is 0 Å². The molecule has 0 amide bonds. The third-order valence-electron chi connectivity index (χ3n) is 5.21. The summed E-state index contributed by atoms with van der Waals surface area (Å²) in [6, 6.07) is 12.2. The number of carboxylic acid groups (broad SMARTS) is 1. The first kappa shape index (κ1) is 19.2. The highest BCUT2D eigenvalue weighted by Crippen LogP contribution is 2.51. The van der Waals surface area contributed by atoms with Crippen molar-refractivity contribution in [1.82, 2.24) is 4.72 Å². The Morgan fingerprint density at radius 2 is 1.89 bits per heavy atom. The molecule has 28 heavy (non-hydrogen) atoms. The number of hydrogen-bond acceptors (Lipinski definition) is 5. The molecule has 0 spiro atoms. The molecule has 0 saturated heterocycles. The zero-order chi connectivity index (χ0) is 20.1. The molecule has 4 rings (SSSR count). The Morgan fingerprint density at radius 3 is 2.57 bits per heavy atom. The molecule has 1 saturated carbocycles. The number of aliphatic carboxylic acids is 1. The Kier molecular flexibility index (Phi) is 4.83. The van der Waals surface area contributed by atoms with Gasteiger partial charge in [-0.05, 0) is 12.1 Å². The molecule has 1 fully saturated rings. The van der Waals surface area contributed by atoms with E-state index in [-0.39, 0.29) is 16.4 Å². The van der Waals surface area contributed by atoms with Gasteiger partial charge in [0.2, 0.25) is 10.0 Å². The lowest BCUT2D eigenvalue weighted by molar-refractivity contribution is -0.147. The van der Waals surface area contributed by atoms with Crippen LogP contribution in [0.15, 0.2) is 53.4 Å². The summed E-state index contributed by atoms with van der Waals surface area (Å²) >= 11 is 6.44. The van der Waals surface area contributed by atoms with Gasteiger partial charge in [-0.1, -0.05) is 36.4 Å². The summed E-state index contributed by atoms with van der Waals surface area (Å²) in [5.74, 6) is -1.47. The lowest BCUT2D eigenvalue weighted by atomic mass is 9.92. The second-order valence-corrected chi connectivity index (χ2v) is 9.17. The number of halogens is 1. The fourth-order valence-corrected chi connectivity index (χ4v) is 5.74. The fraction of sp³-hybridized carbons (Fsp3) is 0.316. The standard InChI is InChI=1S/C19H18ClNO6S/c20-13-9-14-15(16(13)21-28(25,26)10-5-2-1-3-6-10)11-7-4-8-12(18(11)27-14)17(22)19(23)24/h1-8,13-17,21-22H,9H2,(H,23,24). The molecule has 2 aliphatic rings. The first-order valence-electron chi connectivity index (χ1n) is 8.71. The molecule has 0 aromatic heterocycles. The molecule has 7 nitrogen and oxygen atoms in total. The summed E-state index contributed by atoms with van der Waals surface area (Å²) in [5.41, 5.74) is 0.793. The zero-order valence-electron chi connectivity index (χ0n) is 14.5. The summed E-state index contributed by atoms with van der Waals surface area (Å²) in [5, 5.41) is 18.6. The monoisotopic (exact) mass is 423 g/mol. The van der Waals surface area contributed by atoms with Crippen LogP contribution >= 0.6 is 11.6 Å². The SMILES string of the molecule is O=C(O)C(O)c1cccc2c1OC1CC(Cl)C(NS(=O)(=O)c3ccccc3)C21. The van der Waals surface area contributed by atoms with Crippen molar-refractivity contribution in [2.24, 2.45) is 0 Å².